The lowest BCUT2D eigenvalue weighted by Gasteiger charge is -2.36. The summed E-state index contributed by atoms with van der Waals surface area (Å²) in [6, 6.07) is 6.69. The van der Waals surface area contributed by atoms with E-state index in [1.54, 1.807) is 12.7 Å². The lowest BCUT2D eigenvalue weighted by molar-refractivity contribution is 0.0224. The lowest BCUT2D eigenvalue weighted by atomic mass is 9.96. The topological polar surface area (TPSA) is 46.4 Å². The first-order chi connectivity index (χ1) is 12.8. The Kier molecular flexibility index (Phi) is 5.62. The Morgan fingerprint density at radius 3 is 2.81 bits per heavy atom. The van der Waals surface area contributed by atoms with Gasteiger partial charge in [-0.2, -0.15) is 5.10 Å². The van der Waals surface area contributed by atoms with Gasteiger partial charge in [0.15, 0.2) is 0 Å². The molecule has 6 nitrogen and oxygen atoms in total. The van der Waals surface area contributed by atoms with Crippen molar-refractivity contribution in [3.05, 3.63) is 42.0 Å². The third-order valence-corrected chi connectivity index (χ3v) is 5.56. The molecule has 26 heavy (non-hydrogen) atoms. The van der Waals surface area contributed by atoms with Crippen LogP contribution in [0.15, 0.2) is 30.9 Å². The third-order valence-electron chi connectivity index (χ3n) is 5.56. The Hall–Kier alpha value is -1.76. The van der Waals surface area contributed by atoms with Crippen LogP contribution in [0, 0.1) is 12.8 Å². The average Bonchev–Trinajstić information content (AvgIpc) is 3.17. The molecule has 0 saturated carbocycles. The smallest absolute Gasteiger partial charge is 0.138 e. The monoisotopic (exact) mass is 355 g/mol. The minimum Gasteiger partial charge on any atom is -0.379 e. The Labute approximate surface area is 155 Å². The number of likely N-dealkylation sites (tertiary alicyclic amines) is 1. The molecule has 2 aromatic rings. The summed E-state index contributed by atoms with van der Waals surface area (Å²) in [4.78, 5) is 9.25. The number of rotatable bonds is 5. The van der Waals surface area contributed by atoms with Crippen LogP contribution in [0.4, 0.5) is 0 Å². The quantitative estimate of drug-likeness (QED) is 0.822. The van der Waals surface area contributed by atoms with Crippen molar-refractivity contribution in [2.45, 2.75) is 26.3 Å². The van der Waals surface area contributed by atoms with Crippen molar-refractivity contribution in [2.75, 3.05) is 45.9 Å². The Bertz CT molecular complexity index is 696. The molecule has 1 atom stereocenters. The van der Waals surface area contributed by atoms with Crippen LogP contribution in [-0.4, -0.2) is 70.5 Å². The molecule has 0 bridgehead atoms. The Morgan fingerprint density at radius 2 is 2.04 bits per heavy atom. The van der Waals surface area contributed by atoms with Crippen molar-refractivity contribution in [3.8, 4) is 5.69 Å². The van der Waals surface area contributed by atoms with Crippen molar-refractivity contribution >= 4 is 0 Å². The van der Waals surface area contributed by atoms with Crippen molar-refractivity contribution in [2.24, 2.45) is 5.92 Å². The number of ether oxygens (including phenoxy) is 1. The number of hydrogen-bond donors (Lipinski definition) is 0. The number of nitrogens with zero attached hydrogens (tertiary/aromatic N) is 5. The van der Waals surface area contributed by atoms with Crippen LogP contribution >= 0.6 is 0 Å². The molecule has 2 aliphatic heterocycles. The fraction of sp³-hybridized carbons (Fsp3) is 0.600. The second-order valence-electron chi connectivity index (χ2n) is 7.62. The molecule has 0 N–H and O–H groups in total. The molecular weight excluding hydrogens is 326 g/mol. The van der Waals surface area contributed by atoms with Gasteiger partial charge < -0.3 is 4.74 Å². The van der Waals surface area contributed by atoms with Gasteiger partial charge in [0.25, 0.3) is 0 Å². The number of aromatic nitrogens is 3. The molecule has 140 valence electrons. The van der Waals surface area contributed by atoms with Gasteiger partial charge in [-0.25, -0.2) is 9.67 Å². The van der Waals surface area contributed by atoms with Gasteiger partial charge in [-0.3, -0.25) is 9.80 Å². The van der Waals surface area contributed by atoms with Crippen LogP contribution in [0.1, 0.15) is 24.0 Å². The van der Waals surface area contributed by atoms with Crippen molar-refractivity contribution in [1.29, 1.82) is 0 Å². The number of benzene rings is 1. The summed E-state index contributed by atoms with van der Waals surface area (Å²) in [5.41, 5.74) is 3.74. The lowest BCUT2D eigenvalue weighted by Crippen LogP contribution is -2.44. The van der Waals surface area contributed by atoms with Crippen LogP contribution in [0.25, 0.3) is 5.69 Å². The van der Waals surface area contributed by atoms with E-state index < -0.39 is 0 Å². The largest absolute Gasteiger partial charge is 0.379 e. The number of morpholine rings is 1. The summed E-state index contributed by atoms with van der Waals surface area (Å²) in [5, 5.41) is 4.24. The van der Waals surface area contributed by atoms with E-state index in [1.807, 2.05) is 4.68 Å². The van der Waals surface area contributed by atoms with Crippen LogP contribution < -0.4 is 0 Å². The first-order valence-electron chi connectivity index (χ1n) is 9.75. The van der Waals surface area contributed by atoms with E-state index in [1.165, 1.54) is 43.6 Å². The highest BCUT2D eigenvalue weighted by atomic mass is 16.5. The van der Waals surface area contributed by atoms with Gasteiger partial charge in [-0.1, -0.05) is 12.1 Å². The predicted molar refractivity (Wildman–Crippen MR) is 101 cm³/mol. The number of piperidine rings is 1. The van der Waals surface area contributed by atoms with Gasteiger partial charge in [0.2, 0.25) is 0 Å². The minimum absolute atomic E-state index is 0.789. The van der Waals surface area contributed by atoms with Crippen molar-refractivity contribution in [3.63, 3.8) is 0 Å². The summed E-state index contributed by atoms with van der Waals surface area (Å²) in [6.45, 7) is 10.8. The molecule has 2 saturated heterocycles. The first kappa shape index (κ1) is 17.6. The standard InChI is InChI=1S/C20H29N5O/c1-17-11-18(4-5-20(17)25-16-21-15-22-25)12-24-6-2-3-19(14-24)13-23-7-9-26-10-8-23/h4-5,11,15-16,19H,2-3,6-10,12-14H2,1H3. The third kappa shape index (κ3) is 4.31. The fourth-order valence-corrected chi connectivity index (χ4v) is 4.26. The molecule has 0 amide bonds. The molecule has 0 radical (unpaired) electrons. The first-order valence-corrected chi connectivity index (χ1v) is 9.75. The number of aryl methyl sites for hydroxylation is 1. The maximum absolute atomic E-state index is 5.47. The molecule has 2 aliphatic rings. The van der Waals surface area contributed by atoms with Gasteiger partial charge in [0.05, 0.1) is 18.9 Å². The molecule has 2 fully saturated rings. The van der Waals surface area contributed by atoms with Crippen LogP contribution in [0.3, 0.4) is 0 Å². The Balaban J connectivity index is 1.35. The molecule has 1 aromatic heterocycles. The van der Waals surface area contributed by atoms with Crippen molar-refractivity contribution in [1.82, 2.24) is 24.6 Å². The summed E-state index contributed by atoms with van der Waals surface area (Å²) in [7, 11) is 0. The highest BCUT2D eigenvalue weighted by molar-refractivity contribution is 5.41. The summed E-state index contributed by atoms with van der Waals surface area (Å²) < 4.78 is 7.31. The number of hydrogen-bond acceptors (Lipinski definition) is 5. The van der Waals surface area contributed by atoms with Gasteiger partial charge in [-0.15, -0.1) is 0 Å². The highest BCUT2D eigenvalue weighted by Crippen LogP contribution is 2.22. The molecule has 3 heterocycles. The molecule has 1 aromatic carbocycles. The van der Waals surface area contributed by atoms with E-state index in [4.69, 9.17) is 4.74 Å². The zero-order valence-corrected chi connectivity index (χ0v) is 15.7. The predicted octanol–water partition coefficient (Wildman–Crippen LogP) is 2.12. The highest BCUT2D eigenvalue weighted by Gasteiger charge is 2.23. The second kappa shape index (κ2) is 8.29. The molecule has 6 heteroatoms. The molecule has 0 spiro atoms. The van der Waals surface area contributed by atoms with E-state index in [9.17, 15) is 0 Å². The second-order valence-corrected chi connectivity index (χ2v) is 7.62. The molecule has 1 unspecified atom stereocenters. The van der Waals surface area contributed by atoms with Crippen LogP contribution in [0.2, 0.25) is 0 Å². The summed E-state index contributed by atoms with van der Waals surface area (Å²) in [5.74, 6) is 0.789. The van der Waals surface area contributed by atoms with Gasteiger partial charge >= 0.3 is 0 Å². The molecule has 0 aliphatic carbocycles. The maximum Gasteiger partial charge on any atom is 0.138 e. The van der Waals surface area contributed by atoms with Crippen molar-refractivity contribution < 1.29 is 4.74 Å². The summed E-state index contributed by atoms with van der Waals surface area (Å²) in [6.07, 6.45) is 6.00. The fourth-order valence-electron chi connectivity index (χ4n) is 4.26. The summed E-state index contributed by atoms with van der Waals surface area (Å²) >= 11 is 0. The Morgan fingerprint density at radius 1 is 1.15 bits per heavy atom. The van der Waals surface area contributed by atoms with Crippen LogP contribution in [0.5, 0.6) is 0 Å². The normalized spacial score (nSPS) is 22.6. The van der Waals surface area contributed by atoms with E-state index in [2.05, 4.69) is 45.0 Å². The SMILES string of the molecule is Cc1cc(CN2CCCC(CN3CCOCC3)C2)ccc1-n1cncn1. The zero-order valence-electron chi connectivity index (χ0n) is 15.7. The van der Waals surface area contributed by atoms with Gasteiger partial charge in [0.1, 0.15) is 12.7 Å². The molecular formula is C20H29N5O. The minimum atomic E-state index is 0.789. The van der Waals surface area contributed by atoms with Gasteiger partial charge in [0, 0.05) is 32.7 Å². The van der Waals surface area contributed by atoms with Crippen LogP contribution in [-0.2, 0) is 11.3 Å². The van der Waals surface area contributed by atoms with E-state index in [-0.39, 0.29) is 0 Å². The van der Waals surface area contributed by atoms with Gasteiger partial charge in [-0.05, 0) is 49.4 Å². The average molecular weight is 355 g/mol. The van der Waals surface area contributed by atoms with E-state index in [0.717, 1.165) is 44.5 Å². The molecule has 4 rings (SSSR count). The maximum atomic E-state index is 5.47. The van der Waals surface area contributed by atoms with E-state index >= 15 is 0 Å². The zero-order chi connectivity index (χ0) is 17.8. The van der Waals surface area contributed by atoms with E-state index in [0.29, 0.717) is 0 Å².